The Bertz CT molecular complexity index is 793. The van der Waals surface area contributed by atoms with Gasteiger partial charge in [-0.3, -0.25) is 9.59 Å². The van der Waals surface area contributed by atoms with Gasteiger partial charge in [-0.2, -0.15) is 0 Å². The van der Waals surface area contributed by atoms with E-state index < -0.39 is 5.97 Å². The van der Waals surface area contributed by atoms with Crippen molar-refractivity contribution in [1.82, 2.24) is 9.88 Å². The first kappa shape index (κ1) is 18.9. The Morgan fingerprint density at radius 2 is 2.15 bits per heavy atom. The smallest absolute Gasteiger partial charge is 0.303 e. The summed E-state index contributed by atoms with van der Waals surface area (Å²) in [7, 11) is 0. The second-order valence-corrected chi connectivity index (χ2v) is 7.85. The summed E-state index contributed by atoms with van der Waals surface area (Å²) in [4.78, 5) is 29.8. The number of carboxylic acids is 1. The van der Waals surface area contributed by atoms with E-state index in [0.29, 0.717) is 18.0 Å². The molecule has 1 fully saturated rings. The standard InChI is InChI=1S/C19H21ClN2O3S/c20-16-6-2-1-5-15(16)19-21-14(12-26-19)10-17(23)22-9-3-4-13(11-22)7-8-18(24)25/h1-2,5-6,12-13H,3-4,7-11H2,(H,24,25). The molecule has 1 amide bonds. The van der Waals surface area contributed by atoms with Crippen LogP contribution < -0.4 is 0 Å². The minimum atomic E-state index is -0.775. The minimum Gasteiger partial charge on any atom is -0.481 e. The third-order valence-corrected chi connectivity index (χ3v) is 5.88. The van der Waals surface area contributed by atoms with Crippen molar-refractivity contribution >= 4 is 34.8 Å². The summed E-state index contributed by atoms with van der Waals surface area (Å²) in [5.74, 6) is -0.443. The molecule has 26 heavy (non-hydrogen) atoms. The molecule has 1 atom stereocenters. The van der Waals surface area contributed by atoms with Crippen LogP contribution in [0.1, 0.15) is 31.4 Å². The maximum absolute atomic E-state index is 12.6. The first-order valence-electron chi connectivity index (χ1n) is 8.72. The fraction of sp³-hybridized carbons (Fsp3) is 0.421. The van der Waals surface area contributed by atoms with Crippen molar-refractivity contribution in [2.24, 2.45) is 5.92 Å². The second-order valence-electron chi connectivity index (χ2n) is 6.58. The SMILES string of the molecule is O=C(O)CCC1CCCN(C(=O)Cc2csc(-c3ccccc3Cl)n2)C1. The number of amides is 1. The quantitative estimate of drug-likeness (QED) is 0.803. The number of carbonyl (C=O) groups excluding carboxylic acids is 1. The normalized spacial score (nSPS) is 17.3. The topological polar surface area (TPSA) is 70.5 Å². The lowest BCUT2D eigenvalue weighted by Gasteiger charge is -2.32. The van der Waals surface area contributed by atoms with Gasteiger partial charge in [0, 0.05) is 30.5 Å². The summed E-state index contributed by atoms with van der Waals surface area (Å²) < 4.78 is 0. The fourth-order valence-electron chi connectivity index (χ4n) is 3.27. The fourth-order valence-corrected chi connectivity index (χ4v) is 4.41. The summed E-state index contributed by atoms with van der Waals surface area (Å²) in [6.45, 7) is 1.39. The number of aromatic nitrogens is 1. The number of rotatable bonds is 6. The van der Waals surface area contributed by atoms with E-state index in [1.165, 1.54) is 11.3 Å². The number of nitrogens with zero attached hydrogens (tertiary/aromatic N) is 2. The number of hydrogen-bond donors (Lipinski definition) is 1. The molecule has 2 aromatic rings. The van der Waals surface area contributed by atoms with Crippen LogP contribution in [-0.2, 0) is 16.0 Å². The Morgan fingerprint density at radius 1 is 1.35 bits per heavy atom. The van der Waals surface area contributed by atoms with E-state index in [9.17, 15) is 9.59 Å². The van der Waals surface area contributed by atoms with Crippen molar-refractivity contribution < 1.29 is 14.7 Å². The van der Waals surface area contributed by atoms with Gasteiger partial charge in [0.2, 0.25) is 5.91 Å². The van der Waals surface area contributed by atoms with E-state index in [2.05, 4.69) is 4.98 Å². The average molecular weight is 393 g/mol. The lowest BCUT2D eigenvalue weighted by molar-refractivity contribution is -0.137. The maximum Gasteiger partial charge on any atom is 0.303 e. The number of piperidine rings is 1. The Balaban J connectivity index is 1.60. The molecule has 0 spiro atoms. The predicted molar refractivity (Wildman–Crippen MR) is 102 cm³/mol. The number of aliphatic carboxylic acids is 1. The monoisotopic (exact) mass is 392 g/mol. The number of likely N-dealkylation sites (tertiary alicyclic amines) is 1. The van der Waals surface area contributed by atoms with Crippen molar-refractivity contribution in [2.75, 3.05) is 13.1 Å². The summed E-state index contributed by atoms with van der Waals surface area (Å²) >= 11 is 7.70. The van der Waals surface area contributed by atoms with E-state index in [1.54, 1.807) is 0 Å². The van der Waals surface area contributed by atoms with E-state index in [1.807, 2.05) is 34.5 Å². The van der Waals surface area contributed by atoms with Crippen molar-refractivity contribution in [3.05, 3.63) is 40.4 Å². The van der Waals surface area contributed by atoms with Gasteiger partial charge in [-0.15, -0.1) is 11.3 Å². The van der Waals surface area contributed by atoms with E-state index in [-0.39, 0.29) is 24.7 Å². The number of thiazole rings is 1. The zero-order valence-corrected chi connectivity index (χ0v) is 15.9. The summed E-state index contributed by atoms with van der Waals surface area (Å²) in [5, 5.41) is 12.2. The molecule has 7 heteroatoms. The van der Waals surface area contributed by atoms with Gasteiger partial charge in [0.25, 0.3) is 0 Å². The molecule has 0 aliphatic carbocycles. The number of carboxylic acid groups (broad SMARTS) is 1. The molecule has 138 valence electrons. The van der Waals surface area contributed by atoms with Crippen LogP contribution in [0, 0.1) is 5.92 Å². The molecule has 2 heterocycles. The average Bonchev–Trinajstić information content (AvgIpc) is 3.09. The molecule has 1 saturated heterocycles. The van der Waals surface area contributed by atoms with Crippen LogP contribution in [0.25, 0.3) is 10.6 Å². The predicted octanol–water partition coefficient (Wildman–Crippen LogP) is 4.11. The van der Waals surface area contributed by atoms with Crippen LogP contribution in [0.5, 0.6) is 0 Å². The lowest BCUT2D eigenvalue weighted by Crippen LogP contribution is -2.40. The van der Waals surface area contributed by atoms with Gasteiger partial charge in [0.15, 0.2) is 0 Å². The molecule has 1 unspecified atom stereocenters. The Morgan fingerprint density at radius 3 is 2.92 bits per heavy atom. The summed E-state index contributed by atoms with van der Waals surface area (Å²) in [5.41, 5.74) is 1.63. The van der Waals surface area contributed by atoms with Gasteiger partial charge < -0.3 is 10.0 Å². The Hall–Kier alpha value is -1.92. The van der Waals surface area contributed by atoms with E-state index >= 15 is 0 Å². The van der Waals surface area contributed by atoms with Crippen molar-refractivity contribution in [3.8, 4) is 10.6 Å². The molecule has 3 rings (SSSR count). The molecule has 0 radical (unpaired) electrons. The van der Waals surface area contributed by atoms with Gasteiger partial charge >= 0.3 is 5.97 Å². The largest absolute Gasteiger partial charge is 0.481 e. The zero-order chi connectivity index (χ0) is 18.5. The van der Waals surface area contributed by atoms with Crippen LogP contribution in [-0.4, -0.2) is 40.0 Å². The molecule has 1 N–H and O–H groups in total. The third-order valence-electron chi connectivity index (χ3n) is 4.63. The molecule has 0 saturated carbocycles. The highest BCUT2D eigenvalue weighted by Gasteiger charge is 2.24. The molecule has 1 aliphatic heterocycles. The first-order valence-corrected chi connectivity index (χ1v) is 9.97. The Labute approximate surface area is 161 Å². The van der Waals surface area contributed by atoms with Crippen LogP contribution in [0.4, 0.5) is 0 Å². The van der Waals surface area contributed by atoms with Crippen LogP contribution in [0.3, 0.4) is 0 Å². The van der Waals surface area contributed by atoms with Crippen molar-refractivity contribution in [3.63, 3.8) is 0 Å². The van der Waals surface area contributed by atoms with Gasteiger partial charge in [0.05, 0.1) is 17.1 Å². The molecule has 5 nitrogen and oxygen atoms in total. The van der Waals surface area contributed by atoms with Gasteiger partial charge in [-0.05, 0) is 31.2 Å². The van der Waals surface area contributed by atoms with E-state index in [0.717, 1.165) is 35.7 Å². The third kappa shape index (κ3) is 4.83. The molecular weight excluding hydrogens is 372 g/mol. The Kier molecular flexibility index (Phi) is 6.27. The lowest BCUT2D eigenvalue weighted by atomic mass is 9.93. The number of benzene rings is 1. The van der Waals surface area contributed by atoms with Crippen molar-refractivity contribution in [2.45, 2.75) is 32.1 Å². The highest BCUT2D eigenvalue weighted by Crippen LogP contribution is 2.30. The van der Waals surface area contributed by atoms with Crippen molar-refractivity contribution in [1.29, 1.82) is 0 Å². The first-order chi connectivity index (χ1) is 12.5. The maximum atomic E-state index is 12.6. The van der Waals surface area contributed by atoms with Crippen LogP contribution in [0.2, 0.25) is 5.02 Å². The summed E-state index contributed by atoms with van der Waals surface area (Å²) in [6.07, 6.45) is 2.99. The number of halogens is 1. The molecule has 0 bridgehead atoms. The van der Waals surface area contributed by atoms with Gasteiger partial charge in [0.1, 0.15) is 5.01 Å². The number of carbonyl (C=O) groups is 2. The minimum absolute atomic E-state index is 0.0565. The summed E-state index contributed by atoms with van der Waals surface area (Å²) in [6, 6.07) is 7.54. The highest BCUT2D eigenvalue weighted by molar-refractivity contribution is 7.13. The second kappa shape index (κ2) is 8.64. The molecular formula is C19H21ClN2O3S. The van der Waals surface area contributed by atoms with Gasteiger partial charge in [-0.25, -0.2) is 4.98 Å². The zero-order valence-electron chi connectivity index (χ0n) is 14.4. The highest BCUT2D eigenvalue weighted by atomic mass is 35.5. The molecule has 1 aromatic carbocycles. The molecule has 1 aliphatic rings. The van der Waals surface area contributed by atoms with Crippen LogP contribution in [0.15, 0.2) is 29.6 Å². The number of hydrogen-bond acceptors (Lipinski definition) is 4. The van der Waals surface area contributed by atoms with E-state index in [4.69, 9.17) is 16.7 Å². The van der Waals surface area contributed by atoms with Gasteiger partial charge in [-0.1, -0.05) is 29.8 Å². The molecule has 1 aromatic heterocycles. The van der Waals surface area contributed by atoms with Crippen LogP contribution >= 0.6 is 22.9 Å².